The summed E-state index contributed by atoms with van der Waals surface area (Å²) in [6, 6.07) is 4.36. The Morgan fingerprint density at radius 3 is 2.50 bits per heavy atom. The van der Waals surface area contributed by atoms with E-state index in [0.717, 1.165) is 0 Å². The van der Waals surface area contributed by atoms with Gasteiger partial charge in [0, 0.05) is 19.7 Å². The fourth-order valence-electron chi connectivity index (χ4n) is 1.93. The van der Waals surface area contributed by atoms with Crippen LogP contribution in [0.2, 0.25) is 0 Å². The fraction of sp³-hybridized carbons (Fsp3) is 0.500. The molecule has 0 aliphatic carbocycles. The number of hydrogen-bond donors (Lipinski definition) is 1. The lowest BCUT2D eigenvalue weighted by atomic mass is 10.1. The molecule has 0 aromatic heterocycles. The van der Waals surface area contributed by atoms with Gasteiger partial charge in [-0.15, -0.1) is 0 Å². The van der Waals surface area contributed by atoms with Gasteiger partial charge in [0.15, 0.2) is 0 Å². The predicted molar refractivity (Wildman–Crippen MR) is 69.6 cm³/mol. The highest BCUT2D eigenvalue weighted by atomic mass is 19.4. The largest absolute Gasteiger partial charge is 0.401 e. The molecule has 0 unspecified atom stereocenters. The van der Waals surface area contributed by atoms with E-state index in [2.05, 4.69) is 5.32 Å². The SMILES string of the molecule is CCN(Cc1cccc([N+](=O)[O-])c1NC)CC(F)(F)F. The second kappa shape index (κ2) is 6.56. The van der Waals surface area contributed by atoms with Crippen molar-refractivity contribution in [3.05, 3.63) is 33.9 Å². The van der Waals surface area contributed by atoms with Gasteiger partial charge in [-0.1, -0.05) is 19.1 Å². The number of nitro groups is 1. The number of halogens is 3. The summed E-state index contributed by atoms with van der Waals surface area (Å²) in [4.78, 5) is 11.5. The van der Waals surface area contributed by atoms with Crippen molar-refractivity contribution in [2.75, 3.05) is 25.5 Å². The molecule has 5 nitrogen and oxygen atoms in total. The van der Waals surface area contributed by atoms with Gasteiger partial charge >= 0.3 is 6.18 Å². The molecule has 1 N–H and O–H groups in total. The number of nitrogens with zero attached hydrogens (tertiary/aromatic N) is 2. The molecule has 0 aliphatic rings. The molecule has 1 aromatic rings. The van der Waals surface area contributed by atoms with E-state index < -0.39 is 17.6 Å². The summed E-state index contributed by atoms with van der Waals surface area (Å²) in [5, 5.41) is 13.6. The molecule has 1 rings (SSSR count). The molecular weight excluding hydrogens is 275 g/mol. The number of rotatable bonds is 6. The Labute approximate surface area is 114 Å². The zero-order chi connectivity index (χ0) is 15.3. The molecule has 112 valence electrons. The van der Waals surface area contributed by atoms with E-state index in [1.165, 1.54) is 24.1 Å². The first kappa shape index (κ1) is 16.2. The first-order chi connectivity index (χ1) is 9.28. The first-order valence-electron chi connectivity index (χ1n) is 6.01. The van der Waals surface area contributed by atoms with E-state index in [0.29, 0.717) is 5.56 Å². The molecule has 20 heavy (non-hydrogen) atoms. The Bertz CT molecular complexity index is 478. The van der Waals surface area contributed by atoms with Crippen molar-refractivity contribution in [3.8, 4) is 0 Å². The second-order valence-corrected chi connectivity index (χ2v) is 4.24. The third kappa shape index (κ3) is 4.37. The molecule has 0 heterocycles. The van der Waals surface area contributed by atoms with Crippen LogP contribution in [-0.4, -0.2) is 36.1 Å². The van der Waals surface area contributed by atoms with Crippen LogP contribution in [0.4, 0.5) is 24.5 Å². The van der Waals surface area contributed by atoms with Crippen molar-refractivity contribution in [3.63, 3.8) is 0 Å². The highest BCUT2D eigenvalue weighted by Gasteiger charge is 2.30. The molecule has 0 saturated carbocycles. The van der Waals surface area contributed by atoms with Gasteiger partial charge in [-0.3, -0.25) is 15.0 Å². The molecule has 0 saturated heterocycles. The molecule has 0 aliphatic heterocycles. The summed E-state index contributed by atoms with van der Waals surface area (Å²) in [6.07, 6.45) is -4.30. The maximum atomic E-state index is 12.4. The number of hydrogen-bond acceptors (Lipinski definition) is 4. The Morgan fingerprint density at radius 2 is 2.05 bits per heavy atom. The van der Waals surface area contributed by atoms with Crippen LogP contribution < -0.4 is 5.32 Å². The summed E-state index contributed by atoms with van der Waals surface area (Å²) in [5.74, 6) is 0. The molecule has 0 spiro atoms. The topological polar surface area (TPSA) is 58.4 Å². The van der Waals surface area contributed by atoms with Gasteiger partial charge < -0.3 is 5.32 Å². The second-order valence-electron chi connectivity index (χ2n) is 4.24. The Kier molecular flexibility index (Phi) is 5.32. The smallest absolute Gasteiger partial charge is 0.382 e. The third-order valence-electron chi connectivity index (χ3n) is 2.82. The Balaban J connectivity index is 3.01. The Hall–Kier alpha value is -1.83. The fourth-order valence-corrected chi connectivity index (χ4v) is 1.93. The minimum Gasteiger partial charge on any atom is -0.382 e. The first-order valence-corrected chi connectivity index (χ1v) is 6.01. The van der Waals surface area contributed by atoms with Gasteiger partial charge in [0.2, 0.25) is 0 Å². The molecule has 8 heteroatoms. The lowest BCUT2D eigenvalue weighted by molar-refractivity contribution is -0.384. The van der Waals surface area contributed by atoms with Crippen LogP contribution in [0.1, 0.15) is 12.5 Å². The van der Waals surface area contributed by atoms with Gasteiger partial charge in [0.1, 0.15) is 5.69 Å². The quantitative estimate of drug-likeness (QED) is 0.646. The van der Waals surface area contributed by atoms with E-state index in [1.807, 2.05) is 0 Å². The lowest BCUT2D eigenvalue weighted by Gasteiger charge is -2.23. The van der Waals surface area contributed by atoms with Crippen LogP contribution in [0.5, 0.6) is 0 Å². The summed E-state index contributed by atoms with van der Waals surface area (Å²) in [5.41, 5.74) is 0.569. The Morgan fingerprint density at radius 1 is 1.40 bits per heavy atom. The summed E-state index contributed by atoms with van der Waals surface area (Å²) in [6.45, 7) is 0.761. The summed E-state index contributed by atoms with van der Waals surface area (Å²) < 4.78 is 37.3. The third-order valence-corrected chi connectivity index (χ3v) is 2.82. The van der Waals surface area contributed by atoms with Gasteiger partial charge in [-0.2, -0.15) is 13.2 Å². The van der Waals surface area contributed by atoms with Gasteiger partial charge in [-0.25, -0.2) is 0 Å². The van der Waals surface area contributed by atoms with E-state index in [4.69, 9.17) is 0 Å². The van der Waals surface area contributed by atoms with Crippen molar-refractivity contribution < 1.29 is 18.1 Å². The van der Waals surface area contributed by atoms with Crippen molar-refractivity contribution in [1.82, 2.24) is 4.90 Å². The van der Waals surface area contributed by atoms with E-state index in [9.17, 15) is 23.3 Å². The zero-order valence-electron chi connectivity index (χ0n) is 11.2. The van der Waals surface area contributed by atoms with Crippen molar-refractivity contribution >= 4 is 11.4 Å². The zero-order valence-corrected chi connectivity index (χ0v) is 11.2. The number of anilines is 1. The van der Waals surface area contributed by atoms with Crippen LogP contribution in [0.3, 0.4) is 0 Å². The molecule has 0 atom stereocenters. The minimum atomic E-state index is -4.30. The highest BCUT2D eigenvalue weighted by Crippen LogP contribution is 2.29. The van der Waals surface area contributed by atoms with E-state index in [-0.39, 0.29) is 24.5 Å². The molecule has 0 fully saturated rings. The van der Waals surface area contributed by atoms with Gasteiger partial charge in [0.25, 0.3) is 5.69 Å². The monoisotopic (exact) mass is 291 g/mol. The standard InChI is InChI=1S/C12H16F3N3O2/c1-3-17(8-12(13,14)15)7-9-5-4-6-10(18(19)20)11(9)16-2/h4-6,16H,3,7-8H2,1-2H3. The van der Waals surface area contributed by atoms with E-state index in [1.54, 1.807) is 13.0 Å². The van der Waals surface area contributed by atoms with Gasteiger partial charge in [0.05, 0.1) is 11.5 Å². The average Bonchev–Trinajstić information content (AvgIpc) is 2.35. The van der Waals surface area contributed by atoms with Gasteiger partial charge in [-0.05, 0) is 12.1 Å². The lowest BCUT2D eigenvalue weighted by Crippen LogP contribution is -2.33. The number of nitro benzene ring substituents is 1. The van der Waals surface area contributed by atoms with E-state index >= 15 is 0 Å². The highest BCUT2D eigenvalue weighted by molar-refractivity contribution is 5.66. The summed E-state index contributed by atoms with van der Waals surface area (Å²) >= 11 is 0. The molecule has 0 bridgehead atoms. The van der Waals surface area contributed by atoms with Crippen molar-refractivity contribution in [2.24, 2.45) is 0 Å². The van der Waals surface area contributed by atoms with Crippen molar-refractivity contribution in [1.29, 1.82) is 0 Å². The number of benzene rings is 1. The maximum absolute atomic E-state index is 12.4. The van der Waals surface area contributed by atoms with Crippen LogP contribution >= 0.6 is 0 Å². The average molecular weight is 291 g/mol. The van der Waals surface area contributed by atoms with Crippen LogP contribution in [0, 0.1) is 10.1 Å². The summed E-state index contributed by atoms with van der Waals surface area (Å²) in [7, 11) is 1.51. The predicted octanol–water partition coefficient (Wildman–Crippen LogP) is 3.02. The number of nitrogens with one attached hydrogen (secondary N) is 1. The van der Waals surface area contributed by atoms with Crippen molar-refractivity contribution in [2.45, 2.75) is 19.6 Å². The molecular formula is C12H16F3N3O2. The minimum absolute atomic E-state index is 0.00609. The normalized spacial score (nSPS) is 11.7. The molecule has 0 radical (unpaired) electrons. The van der Waals surface area contributed by atoms with Crippen LogP contribution in [-0.2, 0) is 6.54 Å². The number of alkyl halides is 3. The van der Waals surface area contributed by atoms with Crippen LogP contribution in [0.15, 0.2) is 18.2 Å². The molecule has 1 aromatic carbocycles. The van der Waals surface area contributed by atoms with Crippen LogP contribution in [0.25, 0.3) is 0 Å². The maximum Gasteiger partial charge on any atom is 0.401 e. The molecule has 0 amide bonds. The number of para-hydroxylation sites is 1.